The molecule has 0 radical (unpaired) electrons. The third-order valence-electron chi connectivity index (χ3n) is 1.61. The summed E-state index contributed by atoms with van der Waals surface area (Å²) >= 11 is 3.19. The lowest BCUT2D eigenvalue weighted by Gasteiger charge is -2.26. The van der Waals surface area contributed by atoms with E-state index in [0.29, 0.717) is 10.8 Å². The van der Waals surface area contributed by atoms with E-state index < -0.39 is 0 Å². The Labute approximate surface area is 66.8 Å². The molecular weight excluding hydrogens is 196 g/mol. The van der Waals surface area contributed by atoms with E-state index >= 15 is 0 Å². The van der Waals surface area contributed by atoms with Gasteiger partial charge in [0.1, 0.15) is 6.33 Å². The highest BCUT2D eigenvalue weighted by Gasteiger charge is 2.19. The largest absolute Gasteiger partial charge is 0.312 e. The summed E-state index contributed by atoms with van der Waals surface area (Å²) in [7, 11) is 0. The summed E-state index contributed by atoms with van der Waals surface area (Å²) in [5, 5.41) is 7.28. The van der Waals surface area contributed by atoms with Crippen LogP contribution in [-0.2, 0) is 0 Å². The molecule has 1 aromatic heterocycles. The van der Waals surface area contributed by atoms with Gasteiger partial charge in [-0.3, -0.25) is 0 Å². The molecule has 4 nitrogen and oxygen atoms in total. The Morgan fingerprint density at radius 2 is 2.50 bits per heavy atom. The molecule has 2 heterocycles. The van der Waals surface area contributed by atoms with Crippen molar-refractivity contribution in [2.24, 2.45) is 0 Å². The number of hydrogen-bond acceptors (Lipinski definition) is 3. The number of nitrogens with one attached hydrogen (secondary N) is 1. The van der Waals surface area contributed by atoms with Crippen molar-refractivity contribution in [1.29, 1.82) is 0 Å². The van der Waals surface area contributed by atoms with E-state index in [0.717, 1.165) is 13.1 Å². The minimum absolute atomic E-state index is 0.513. The topological polar surface area (TPSA) is 42.7 Å². The fraction of sp³-hybridized carbons (Fsp3) is 0.600. The quantitative estimate of drug-likeness (QED) is 0.708. The van der Waals surface area contributed by atoms with Crippen molar-refractivity contribution >= 4 is 15.9 Å². The summed E-state index contributed by atoms with van der Waals surface area (Å²) < 4.78 is 2.54. The number of halogens is 1. The maximum Gasteiger partial charge on any atom is 0.217 e. The lowest BCUT2D eigenvalue weighted by atomic mass is 10.2. The van der Waals surface area contributed by atoms with E-state index in [-0.39, 0.29) is 0 Å². The van der Waals surface area contributed by atoms with Crippen molar-refractivity contribution in [2.45, 2.75) is 6.04 Å². The zero-order valence-corrected chi connectivity index (χ0v) is 6.87. The van der Waals surface area contributed by atoms with Crippen LogP contribution in [0.4, 0.5) is 0 Å². The van der Waals surface area contributed by atoms with Gasteiger partial charge in [0.2, 0.25) is 4.73 Å². The first kappa shape index (κ1) is 6.30. The summed E-state index contributed by atoms with van der Waals surface area (Å²) in [5.74, 6) is 0. The molecule has 5 heteroatoms. The SMILES string of the molecule is Brc1ncn(C2CNC2)n1. The van der Waals surface area contributed by atoms with Gasteiger partial charge >= 0.3 is 0 Å². The predicted octanol–water partition coefficient (Wildman–Crippen LogP) is 0.185. The molecule has 1 saturated heterocycles. The molecule has 0 aromatic carbocycles. The standard InChI is InChI=1S/C5H7BrN4/c6-5-8-3-10(9-5)4-1-7-2-4/h3-4,7H,1-2H2. The molecule has 1 aromatic rings. The molecule has 0 aliphatic carbocycles. The van der Waals surface area contributed by atoms with Crippen LogP contribution in [0.1, 0.15) is 6.04 Å². The zero-order valence-electron chi connectivity index (χ0n) is 5.29. The van der Waals surface area contributed by atoms with Crippen LogP contribution >= 0.6 is 15.9 Å². The molecule has 10 heavy (non-hydrogen) atoms. The Bertz CT molecular complexity index is 229. The number of nitrogens with zero attached hydrogens (tertiary/aromatic N) is 3. The van der Waals surface area contributed by atoms with Gasteiger partial charge in [-0.2, -0.15) is 0 Å². The molecule has 0 atom stereocenters. The van der Waals surface area contributed by atoms with Crippen molar-refractivity contribution in [3.63, 3.8) is 0 Å². The van der Waals surface area contributed by atoms with Gasteiger partial charge in [0, 0.05) is 13.1 Å². The number of rotatable bonds is 1. The van der Waals surface area contributed by atoms with E-state index in [9.17, 15) is 0 Å². The molecule has 0 amide bonds. The Balaban J connectivity index is 2.17. The highest BCUT2D eigenvalue weighted by molar-refractivity contribution is 9.10. The fourth-order valence-electron chi connectivity index (χ4n) is 0.890. The highest BCUT2D eigenvalue weighted by Crippen LogP contribution is 2.10. The van der Waals surface area contributed by atoms with Gasteiger partial charge in [-0.25, -0.2) is 9.67 Å². The predicted molar refractivity (Wildman–Crippen MR) is 39.6 cm³/mol. The zero-order chi connectivity index (χ0) is 6.97. The van der Waals surface area contributed by atoms with Gasteiger partial charge in [-0.1, -0.05) is 0 Å². The van der Waals surface area contributed by atoms with E-state index in [1.807, 2.05) is 4.68 Å². The third kappa shape index (κ3) is 0.951. The minimum Gasteiger partial charge on any atom is -0.312 e. The summed E-state index contributed by atoms with van der Waals surface area (Å²) in [5.41, 5.74) is 0. The van der Waals surface area contributed by atoms with Crippen LogP contribution < -0.4 is 5.32 Å². The van der Waals surface area contributed by atoms with Gasteiger partial charge in [-0.05, 0) is 15.9 Å². The van der Waals surface area contributed by atoms with Crippen LogP contribution in [0.15, 0.2) is 11.1 Å². The van der Waals surface area contributed by atoms with Crippen LogP contribution in [0.2, 0.25) is 0 Å². The lowest BCUT2D eigenvalue weighted by molar-refractivity contribution is 0.317. The molecule has 0 bridgehead atoms. The second-order valence-corrected chi connectivity index (χ2v) is 3.01. The monoisotopic (exact) mass is 202 g/mol. The minimum atomic E-state index is 0.513. The average molecular weight is 203 g/mol. The molecule has 1 aliphatic rings. The van der Waals surface area contributed by atoms with Crippen LogP contribution in [0.3, 0.4) is 0 Å². The normalized spacial score (nSPS) is 18.9. The van der Waals surface area contributed by atoms with Gasteiger partial charge in [-0.15, -0.1) is 5.10 Å². The molecule has 0 unspecified atom stereocenters. The average Bonchev–Trinajstić information content (AvgIpc) is 2.10. The van der Waals surface area contributed by atoms with Gasteiger partial charge < -0.3 is 5.32 Å². The van der Waals surface area contributed by atoms with Gasteiger partial charge in [0.05, 0.1) is 6.04 Å². The molecular formula is C5H7BrN4. The molecule has 0 spiro atoms. The smallest absolute Gasteiger partial charge is 0.217 e. The first-order chi connectivity index (χ1) is 4.86. The Morgan fingerprint density at radius 3 is 2.90 bits per heavy atom. The van der Waals surface area contributed by atoms with Crippen molar-refractivity contribution in [3.8, 4) is 0 Å². The Hall–Kier alpha value is -0.420. The highest BCUT2D eigenvalue weighted by atomic mass is 79.9. The van der Waals surface area contributed by atoms with E-state index in [4.69, 9.17) is 0 Å². The van der Waals surface area contributed by atoms with Crippen molar-refractivity contribution < 1.29 is 0 Å². The van der Waals surface area contributed by atoms with Crippen LogP contribution in [0.25, 0.3) is 0 Å². The second-order valence-electron chi connectivity index (χ2n) is 2.31. The van der Waals surface area contributed by atoms with Crippen LogP contribution in [-0.4, -0.2) is 27.9 Å². The third-order valence-corrected chi connectivity index (χ3v) is 1.98. The van der Waals surface area contributed by atoms with E-state index in [1.54, 1.807) is 6.33 Å². The van der Waals surface area contributed by atoms with Crippen molar-refractivity contribution in [2.75, 3.05) is 13.1 Å². The van der Waals surface area contributed by atoms with Gasteiger partial charge in [0.25, 0.3) is 0 Å². The summed E-state index contributed by atoms with van der Waals surface area (Å²) in [4.78, 5) is 3.96. The van der Waals surface area contributed by atoms with Crippen LogP contribution in [0, 0.1) is 0 Å². The fourth-order valence-corrected chi connectivity index (χ4v) is 1.16. The molecule has 0 saturated carbocycles. The summed E-state index contributed by atoms with van der Waals surface area (Å²) in [6.07, 6.45) is 1.75. The summed E-state index contributed by atoms with van der Waals surface area (Å²) in [6, 6.07) is 0.513. The maximum absolute atomic E-state index is 4.11. The van der Waals surface area contributed by atoms with Gasteiger partial charge in [0.15, 0.2) is 0 Å². The molecule has 1 aliphatic heterocycles. The molecule has 1 N–H and O–H groups in total. The van der Waals surface area contributed by atoms with E-state index in [1.165, 1.54) is 0 Å². The van der Waals surface area contributed by atoms with Crippen molar-refractivity contribution in [3.05, 3.63) is 11.1 Å². The van der Waals surface area contributed by atoms with E-state index in [2.05, 4.69) is 31.3 Å². The maximum atomic E-state index is 4.11. The summed E-state index contributed by atoms with van der Waals surface area (Å²) in [6.45, 7) is 2.02. The Morgan fingerprint density at radius 1 is 1.70 bits per heavy atom. The Kier molecular flexibility index (Phi) is 1.46. The van der Waals surface area contributed by atoms with Crippen molar-refractivity contribution in [1.82, 2.24) is 20.1 Å². The molecule has 2 rings (SSSR count). The number of aromatic nitrogens is 3. The number of hydrogen-bond donors (Lipinski definition) is 1. The first-order valence-corrected chi connectivity index (χ1v) is 3.93. The molecule has 54 valence electrons. The first-order valence-electron chi connectivity index (χ1n) is 3.13. The second kappa shape index (κ2) is 2.32. The molecule has 1 fully saturated rings. The van der Waals surface area contributed by atoms with Crippen LogP contribution in [0.5, 0.6) is 0 Å². The lowest BCUT2D eigenvalue weighted by Crippen LogP contribution is -2.43.